The Morgan fingerprint density at radius 3 is 2.42 bits per heavy atom. The molecule has 2 aliphatic heterocycles. The second-order valence-electron chi connectivity index (χ2n) is 6.52. The summed E-state index contributed by atoms with van der Waals surface area (Å²) in [7, 11) is 1.69. The number of amides is 2. The van der Waals surface area contributed by atoms with Gasteiger partial charge in [-0.3, -0.25) is 14.4 Å². The SMILES string of the molecule is CC(=O)O[C@@H]1C(=O)N2CC(=O)N(C)c3ccccc3[C@@]12c1ccccc1. The zero-order valence-electron chi connectivity index (χ0n) is 14.5. The molecule has 2 amide bonds. The number of rotatable bonds is 2. The summed E-state index contributed by atoms with van der Waals surface area (Å²) < 4.78 is 5.45. The number of fused-ring (bicyclic) bond motifs is 3. The van der Waals surface area contributed by atoms with Crippen molar-refractivity contribution < 1.29 is 19.1 Å². The van der Waals surface area contributed by atoms with Gasteiger partial charge in [-0.2, -0.15) is 0 Å². The second-order valence-corrected chi connectivity index (χ2v) is 6.52. The Kier molecular flexibility index (Phi) is 3.57. The lowest BCUT2D eigenvalue weighted by Gasteiger charge is -2.55. The van der Waals surface area contributed by atoms with E-state index in [2.05, 4.69) is 0 Å². The summed E-state index contributed by atoms with van der Waals surface area (Å²) in [5, 5.41) is 0. The van der Waals surface area contributed by atoms with Crippen LogP contribution < -0.4 is 4.90 Å². The van der Waals surface area contributed by atoms with Crippen LogP contribution in [0.25, 0.3) is 0 Å². The van der Waals surface area contributed by atoms with Crippen molar-refractivity contribution >= 4 is 23.5 Å². The van der Waals surface area contributed by atoms with E-state index >= 15 is 0 Å². The molecule has 2 aromatic rings. The van der Waals surface area contributed by atoms with Crippen LogP contribution in [-0.4, -0.2) is 42.4 Å². The van der Waals surface area contributed by atoms with Crippen molar-refractivity contribution in [3.8, 4) is 0 Å². The van der Waals surface area contributed by atoms with Gasteiger partial charge < -0.3 is 14.5 Å². The fourth-order valence-electron chi connectivity index (χ4n) is 3.98. The van der Waals surface area contributed by atoms with Crippen LogP contribution in [0, 0.1) is 0 Å². The molecule has 0 aromatic heterocycles. The number of benzene rings is 2. The smallest absolute Gasteiger partial charge is 0.303 e. The molecule has 6 heteroatoms. The fraction of sp³-hybridized carbons (Fsp3) is 0.250. The Bertz CT molecular complexity index is 911. The first-order valence-electron chi connectivity index (χ1n) is 8.38. The summed E-state index contributed by atoms with van der Waals surface area (Å²) >= 11 is 0. The van der Waals surface area contributed by atoms with Crippen LogP contribution in [0.5, 0.6) is 0 Å². The molecule has 2 atom stereocenters. The monoisotopic (exact) mass is 350 g/mol. The molecular formula is C20H18N2O4. The number of hydrogen-bond acceptors (Lipinski definition) is 4. The van der Waals surface area contributed by atoms with Gasteiger partial charge in [0.05, 0.1) is 0 Å². The minimum atomic E-state index is -1.01. The van der Waals surface area contributed by atoms with Gasteiger partial charge in [0, 0.05) is 25.2 Å². The number of β-lactam (4-membered cyclic amide) rings is 1. The van der Waals surface area contributed by atoms with Crippen molar-refractivity contribution in [2.45, 2.75) is 18.6 Å². The number of hydrogen-bond donors (Lipinski definition) is 0. The number of para-hydroxylation sites is 1. The van der Waals surface area contributed by atoms with E-state index in [1.54, 1.807) is 11.9 Å². The van der Waals surface area contributed by atoms with Gasteiger partial charge in [-0.25, -0.2) is 0 Å². The average molecular weight is 350 g/mol. The van der Waals surface area contributed by atoms with E-state index in [0.717, 1.165) is 11.1 Å². The summed E-state index contributed by atoms with van der Waals surface area (Å²) in [6.45, 7) is 1.21. The van der Waals surface area contributed by atoms with E-state index in [9.17, 15) is 14.4 Å². The van der Waals surface area contributed by atoms with Crippen LogP contribution in [-0.2, 0) is 24.7 Å². The lowest BCUT2D eigenvalue weighted by Crippen LogP contribution is -2.73. The fourth-order valence-corrected chi connectivity index (χ4v) is 3.98. The summed E-state index contributed by atoms with van der Waals surface area (Å²) in [6, 6.07) is 16.8. The minimum absolute atomic E-state index is 0.0727. The van der Waals surface area contributed by atoms with E-state index in [-0.39, 0.29) is 18.4 Å². The molecule has 6 nitrogen and oxygen atoms in total. The molecule has 26 heavy (non-hydrogen) atoms. The maximum Gasteiger partial charge on any atom is 0.303 e. The van der Waals surface area contributed by atoms with Gasteiger partial charge in [0.25, 0.3) is 5.91 Å². The number of carbonyl (C=O) groups excluding carboxylic acids is 3. The van der Waals surface area contributed by atoms with E-state index in [4.69, 9.17) is 4.74 Å². The molecule has 1 fully saturated rings. The van der Waals surface area contributed by atoms with Gasteiger partial charge >= 0.3 is 5.97 Å². The van der Waals surface area contributed by atoms with Crippen molar-refractivity contribution in [1.82, 2.24) is 4.90 Å². The van der Waals surface area contributed by atoms with Gasteiger partial charge in [-0.1, -0.05) is 48.5 Å². The Labute approximate surface area is 151 Å². The van der Waals surface area contributed by atoms with E-state index in [1.165, 1.54) is 11.8 Å². The highest BCUT2D eigenvalue weighted by Crippen LogP contribution is 2.52. The molecule has 2 aliphatic rings. The molecule has 1 saturated heterocycles. The lowest BCUT2D eigenvalue weighted by atomic mass is 9.69. The maximum absolute atomic E-state index is 12.8. The van der Waals surface area contributed by atoms with Crippen LogP contribution in [0.3, 0.4) is 0 Å². The molecule has 0 unspecified atom stereocenters. The quantitative estimate of drug-likeness (QED) is 0.611. The molecular weight excluding hydrogens is 332 g/mol. The second kappa shape index (κ2) is 5.69. The molecule has 0 aliphatic carbocycles. The van der Waals surface area contributed by atoms with Crippen LogP contribution in [0.15, 0.2) is 54.6 Å². The maximum atomic E-state index is 12.8. The number of nitrogens with zero attached hydrogens (tertiary/aromatic N) is 2. The topological polar surface area (TPSA) is 66.9 Å². The average Bonchev–Trinajstić information content (AvgIpc) is 2.74. The third kappa shape index (κ3) is 2.02. The Morgan fingerprint density at radius 1 is 1.08 bits per heavy atom. The largest absolute Gasteiger partial charge is 0.449 e. The van der Waals surface area contributed by atoms with Gasteiger partial charge in [0.1, 0.15) is 12.1 Å². The van der Waals surface area contributed by atoms with Crippen molar-refractivity contribution in [2.75, 3.05) is 18.5 Å². The highest BCUT2D eigenvalue weighted by Gasteiger charge is 2.66. The molecule has 4 rings (SSSR count). The number of carbonyl (C=O) groups is 3. The van der Waals surface area contributed by atoms with Gasteiger partial charge in [0.2, 0.25) is 12.0 Å². The predicted octanol–water partition coefficient (Wildman–Crippen LogP) is 1.68. The third-order valence-electron chi connectivity index (χ3n) is 5.14. The zero-order chi connectivity index (χ0) is 18.5. The Balaban J connectivity index is 2.03. The molecule has 2 heterocycles. The molecule has 0 N–H and O–H groups in total. The molecule has 0 bridgehead atoms. The normalized spacial score (nSPS) is 24.3. The summed E-state index contributed by atoms with van der Waals surface area (Å²) in [6.07, 6.45) is -0.997. The highest BCUT2D eigenvalue weighted by atomic mass is 16.6. The third-order valence-corrected chi connectivity index (χ3v) is 5.14. The highest BCUT2D eigenvalue weighted by molar-refractivity contribution is 6.04. The molecule has 0 spiro atoms. The van der Waals surface area contributed by atoms with Crippen LogP contribution in [0.2, 0.25) is 0 Å². The first kappa shape index (κ1) is 16.3. The van der Waals surface area contributed by atoms with Crippen molar-refractivity contribution in [2.24, 2.45) is 0 Å². The van der Waals surface area contributed by atoms with E-state index in [1.807, 2.05) is 54.6 Å². The lowest BCUT2D eigenvalue weighted by molar-refractivity contribution is -0.194. The Morgan fingerprint density at radius 2 is 1.73 bits per heavy atom. The summed E-state index contributed by atoms with van der Waals surface area (Å²) in [4.78, 5) is 40.2. The van der Waals surface area contributed by atoms with Gasteiger partial charge in [-0.05, 0) is 11.6 Å². The first-order valence-corrected chi connectivity index (χ1v) is 8.38. The summed E-state index contributed by atoms with van der Waals surface area (Å²) in [5.74, 6) is -1.08. The number of ether oxygens (including phenoxy) is 1. The predicted molar refractivity (Wildman–Crippen MR) is 94.3 cm³/mol. The van der Waals surface area contributed by atoms with Crippen LogP contribution in [0.4, 0.5) is 5.69 Å². The number of likely N-dealkylation sites (N-methyl/N-ethyl adjacent to an activating group) is 1. The van der Waals surface area contributed by atoms with E-state index in [0.29, 0.717) is 5.69 Å². The van der Waals surface area contributed by atoms with Crippen LogP contribution >= 0.6 is 0 Å². The Hall–Kier alpha value is -3.15. The van der Waals surface area contributed by atoms with Gasteiger partial charge in [0.15, 0.2) is 0 Å². The molecule has 132 valence electrons. The minimum Gasteiger partial charge on any atom is -0.449 e. The zero-order valence-corrected chi connectivity index (χ0v) is 14.5. The molecule has 0 saturated carbocycles. The van der Waals surface area contributed by atoms with Crippen molar-refractivity contribution in [3.63, 3.8) is 0 Å². The summed E-state index contributed by atoms with van der Waals surface area (Å²) in [5.41, 5.74) is 1.27. The first-order chi connectivity index (χ1) is 12.5. The van der Waals surface area contributed by atoms with Crippen LogP contribution in [0.1, 0.15) is 18.1 Å². The van der Waals surface area contributed by atoms with Crippen molar-refractivity contribution in [3.05, 3.63) is 65.7 Å². The van der Waals surface area contributed by atoms with Crippen molar-refractivity contribution in [1.29, 1.82) is 0 Å². The van der Waals surface area contributed by atoms with E-state index < -0.39 is 17.6 Å². The standard InChI is InChI=1S/C20H18N2O4/c1-13(23)26-18-19(25)22-12-17(24)21(2)16-11-7-6-10-15(16)20(18,22)14-8-4-3-5-9-14/h3-11,18H,12H2,1-2H3/t18-,20+/m1/s1. The molecule has 0 radical (unpaired) electrons. The number of anilines is 1. The van der Waals surface area contributed by atoms with Gasteiger partial charge in [-0.15, -0.1) is 0 Å². The molecule has 2 aromatic carbocycles. The number of esters is 1.